The maximum atomic E-state index is 13.1. The van der Waals surface area contributed by atoms with Gasteiger partial charge in [-0.15, -0.1) is 0 Å². The highest BCUT2D eigenvalue weighted by Gasteiger charge is 2.20. The van der Waals surface area contributed by atoms with Gasteiger partial charge in [-0.1, -0.05) is 42.5 Å². The lowest BCUT2D eigenvalue weighted by Crippen LogP contribution is -2.16. The molecule has 0 unspecified atom stereocenters. The second-order valence-corrected chi connectivity index (χ2v) is 8.15. The summed E-state index contributed by atoms with van der Waals surface area (Å²) in [5, 5.41) is 0. The number of carbonyl (C=O) groups is 2. The second-order valence-electron chi connectivity index (χ2n) is 8.15. The van der Waals surface area contributed by atoms with Crippen LogP contribution < -0.4 is 4.74 Å². The summed E-state index contributed by atoms with van der Waals surface area (Å²) in [6.45, 7) is 3.98. The van der Waals surface area contributed by atoms with Crippen molar-refractivity contribution in [1.82, 2.24) is 4.57 Å². The molecule has 0 aliphatic heterocycles. The summed E-state index contributed by atoms with van der Waals surface area (Å²) < 4.78 is 18.2. The third kappa shape index (κ3) is 5.61. The maximum Gasteiger partial charge on any atom is 0.339 e. The number of methoxy groups -OCH3 is 1. The van der Waals surface area contributed by atoms with Gasteiger partial charge in [-0.25, -0.2) is 4.79 Å². The van der Waals surface area contributed by atoms with E-state index in [0.717, 1.165) is 22.7 Å². The highest BCUT2D eigenvalue weighted by Crippen LogP contribution is 2.23. The quantitative estimate of drug-likeness (QED) is 0.136. The van der Waals surface area contributed by atoms with E-state index in [1.807, 2.05) is 91.2 Å². The maximum absolute atomic E-state index is 13.1. The summed E-state index contributed by atoms with van der Waals surface area (Å²) in [5.74, 6) is 0.648. The number of ether oxygens (including phenoxy) is 2. The Hall–Kier alpha value is -4.32. The van der Waals surface area contributed by atoms with Crippen molar-refractivity contribution in [2.45, 2.75) is 20.4 Å². The zero-order valence-corrected chi connectivity index (χ0v) is 20.0. The first kappa shape index (κ1) is 23.8. The summed E-state index contributed by atoms with van der Waals surface area (Å²) in [5.41, 5.74) is 4.10. The molecule has 178 valence electrons. The highest BCUT2D eigenvalue weighted by atomic mass is 16.5. The lowest BCUT2D eigenvalue weighted by Gasteiger charge is -2.10. The van der Waals surface area contributed by atoms with Crippen LogP contribution in [0.3, 0.4) is 0 Å². The molecule has 2 heterocycles. The fraction of sp³-hybridized carbons (Fsp3) is 0.172. The first-order valence-electron chi connectivity index (χ1n) is 11.3. The van der Waals surface area contributed by atoms with Gasteiger partial charge in [0.2, 0.25) is 5.78 Å². The molecule has 0 aliphatic rings. The molecular formula is C29H27NO5. The van der Waals surface area contributed by atoms with E-state index in [2.05, 4.69) is 0 Å². The number of Topliss-reactive ketones (excluding diaryl/α,β-unsaturated/α-hetero) is 1. The molecule has 4 rings (SSSR count). The van der Waals surface area contributed by atoms with Crippen LogP contribution in [-0.4, -0.2) is 30.0 Å². The average molecular weight is 470 g/mol. The summed E-state index contributed by atoms with van der Waals surface area (Å²) in [4.78, 5) is 26.1. The third-order valence-corrected chi connectivity index (χ3v) is 5.81. The number of esters is 1. The van der Waals surface area contributed by atoms with E-state index in [1.54, 1.807) is 19.4 Å². The summed E-state index contributed by atoms with van der Waals surface area (Å²) in [6.07, 6.45) is 3.36. The number of aromatic nitrogens is 1. The van der Waals surface area contributed by atoms with Gasteiger partial charge in [0.05, 0.1) is 25.5 Å². The van der Waals surface area contributed by atoms with Gasteiger partial charge in [0.1, 0.15) is 11.5 Å². The van der Waals surface area contributed by atoms with Gasteiger partial charge in [-0.2, -0.15) is 0 Å². The van der Waals surface area contributed by atoms with E-state index in [9.17, 15) is 9.59 Å². The number of rotatable bonds is 9. The van der Waals surface area contributed by atoms with Gasteiger partial charge >= 0.3 is 5.97 Å². The van der Waals surface area contributed by atoms with Crippen molar-refractivity contribution in [2.24, 2.45) is 0 Å². The van der Waals surface area contributed by atoms with Crippen LogP contribution >= 0.6 is 0 Å². The smallest absolute Gasteiger partial charge is 0.339 e. The molecule has 0 bridgehead atoms. The van der Waals surface area contributed by atoms with Gasteiger partial charge in [0.25, 0.3) is 0 Å². The fourth-order valence-electron chi connectivity index (χ4n) is 3.95. The zero-order chi connectivity index (χ0) is 24.8. The van der Waals surface area contributed by atoms with Crippen LogP contribution in [0.25, 0.3) is 11.6 Å². The van der Waals surface area contributed by atoms with E-state index in [-0.39, 0.29) is 12.4 Å². The number of hydrogen-bond donors (Lipinski definition) is 0. The van der Waals surface area contributed by atoms with E-state index in [0.29, 0.717) is 29.0 Å². The number of hydrogen-bond acceptors (Lipinski definition) is 5. The van der Waals surface area contributed by atoms with Gasteiger partial charge < -0.3 is 18.5 Å². The summed E-state index contributed by atoms with van der Waals surface area (Å²) in [6, 6.07) is 22.2. The van der Waals surface area contributed by atoms with Gasteiger partial charge in [0, 0.05) is 17.0 Å². The lowest BCUT2D eigenvalue weighted by atomic mass is 10.0. The Morgan fingerprint density at radius 2 is 1.77 bits per heavy atom. The van der Waals surface area contributed by atoms with Crippen LogP contribution in [0, 0.1) is 13.8 Å². The van der Waals surface area contributed by atoms with Gasteiger partial charge in [-0.05, 0) is 61.4 Å². The average Bonchev–Trinajstić information content (AvgIpc) is 3.50. The predicted octanol–water partition coefficient (Wildman–Crippen LogP) is 5.72. The van der Waals surface area contributed by atoms with Crippen LogP contribution in [0.2, 0.25) is 0 Å². The van der Waals surface area contributed by atoms with Crippen molar-refractivity contribution < 1.29 is 23.5 Å². The van der Waals surface area contributed by atoms with Crippen LogP contribution in [0.1, 0.15) is 38.6 Å². The Morgan fingerprint density at radius 1 is 0.971 bits per heavy atom. The molecule has 0 atom stereocenters. The van der Waals surface area contributed by atoms with Gasteiger partial charge in [0.15, 0.2) is 6.61 Å². The molecule has 0 aliphatic carbocycles. The third-order valence-electron chi connectivity index (χ3n) is 5.81. The monoisotopic (exact) mass is 469 g/mol. The number of nitrogens with zero attached hydrogens (tertiary/aromatic N) is 1. The Balaban J connectivity index is 1.53. The largest absolute Gasteiger partial charge is 0.497 e. The predicted molar refractivity (Wildman–Crippen MR) is 134 cm³/mol. The minimum absolute atomic E-state index is 0.258. The first-order chi connectivity index (χ1) is 17.0. The molecule has 0 saturated heterocycles. The highest BCUT2D eigenvalue weighted by molar-refractivity contribution is 6.22. The molecule has 0 radical (unpaired) electrons. The minimum atomic E-state index is -0.572. The molecular weight excluding hydrogens is 442 g/mol. The molecule has 0 amide bonds. The second kappa shape index (κ2) is 10.7. The van der Waals surface area contributed by atoms with E-state index >= 15 is 0 Å². The topological polar surface area (TPSA) is 70.7 Å². The molecule has 0 fully saturated rings. The molecule has 2 aromatic carbocycles. The van der Waals surface area contributed by atoms with E-state index in [4.69, 9.17) is 13.9 Å². The Kier molecular flexibility index (Phi) is 7.31. The van der Waals surface area contributed by atoms with Crippen molar-refractivity contribution in [3.8, 4) is 5.75 Å². The van der Waals surface area contributed by atoms with Crippen LogP contribution in [0.4, 0.5) is 0 Å². The minimum Gasteiger partial charge on any atom is -0.497 e. The van der Waals surface area contributed by atoms with Crippen LogP contribution in [0.15, 0.2) is 83.5 Å². The van der Waals surface area contributed by atoms with Crippen LogP contribution in [0.5, 0.6) is 5.75 Å². The molecule has 4 aromatic rings. The van der Waals surface area contributed by atoms with Crippen molar-refractivity contribution in [3.63, 3.8) is 0 Å². The molecule has 0 saturated carbocycles. The zero-order valence-electron chi connectivity index (χ0n) is 20.0. The normalized spacial score (nSPS) is 11.3. The standard InChI is InChI=1S/C29H27NO5/c1-20-15-26(21(2)30(20)18-25-13-8-14-34-25)28(31)19-35-29(32)27(23-10-5-4-6-11-23)17-22-9-7-12-24(16-22)33-3/h4-17H,18-19H2,1-3H3/b27-17+. The van der Waals surface area contributed by atoms with Crippen molar-refractivity contribution in [1.29, 1.82) is 0 Å². The molecule has 35 heavy (non-hydrogen) atoms. The molecule has 6 heteroatoms. The SMILES string of the molecule is COc1cccc(/C=C(/C(=O)OCC(=O)c2cc(C)n(Cc3ccco3)c2C)c2ccccc2)c1. The fourth-order valence-corrected chi connectivity index (χ4v) is 3.95. The summed E-state index contributed by atoms with van der Waals surface area (Å²) in [7, 11) is 1.59. The lowest BCUT2D eigenvalue weighted by molar-refractivity contribution is -0.135. The molecule has 0 N–H and O–H groups in total. The van der Waals surface area contributed by atoms with E-state index in [1.165, 1.54) is 0 Å². The van der Waals surface area contributed by atoms with Crippen molar-refractivity contribution in [3.05, 3.63) is 113 Å². The summed E-state index contributed by atoms with van der Waals surface area (Å²) >= 11 is 0. The molecule has 0 spiro atoms. The number of ketones is 1. The van der Waals surface area contributed by atoms with Crippen LogP contribution in [-0.2, 0) is 16.1 Å². The Morgan fingerprint density at radius 3 is 2.49 bits per heavy atom. The van der Waals surface area contributed by atoms with Crippen molar-refractivity contribution >= 4 is 23.4 Å². The Labute approximate surface area is 204 Å². The number of aryl methyl sites for hydroxylation is 1. The molecule has 6 nitrogen and oxygen atoms in total. The van der Waals surface area contributed by atoms with Crippen molar-refractivity contribution in [2.75, 3.05) is 13.7 Å². The number of benzene rings is 2. The number of carbonyl (C=O) groups excluding carboxylic acids is 2. The molecule has 2 aromatic heterocycles. The first-order valence-corrected chi connectivity index (χ1v) is 11.3. The van der Waals surface area contributed by atoms with E-state index < -0.39 is 5.97 Å². The number of furan rings is 1. The van der Waals surface area contributed by atoms with Gasteiger partial charge in [-0.3, -0.25) is 4.79 Å². The Bertz CT molecular complexity index is 1350.